The number of amides is 1. The summed E-state index contributed by atoms with van der Waals surface area (Å²) >= 11 is 0. The lowest BCUT2D eigenvalue weighted by molar-refractivity contribution is -0.175. The van der Waals surface area contributed by atoms with E-state index >= 15 is 0 Å². The van der Waals surface area contributed by atoms with Gasteiger partial charge in [0.25, 0.3) is 5.91 Å². The second kappa shape index (κ2) is 7.60. The first-order valence-electron chi connectivity index (χ1n) is 6.06. The van der Waals surface area contributed by atoms with Gasteiger partial charge in [-0.15, -0.1) is 0 Å². The van der Waals surface area contributed by atoms with E-state index in [1.165, 1.54) is 6.42 Å². The van der Waals surface area contributed by atoms with Gasteiger partial charge in [-0.2, -0.15) is 0 Å². The van der Waals surface area contributed by atoms with Gasteiger partial charge >= 0.3 is 0 Å². The van der Waals surface area contributed by atoms with Crippen molar-refractivity contribution in [2.24, 2.45) is 0 Å². The molecule has 0 aromatic rings. The predicted molar refractivity (Wildman–Crippen MR) is 60.6 cm³/mol. The van der Waals surface area contributed by atoms with Gasteiger partial charge in [0.2, 0.25) is 6.29 Å². The van der Waals surface area contributed by atoms with Gasteiger partial charge in [-0.05, 0) is 26.7 Å². The maximum atomic E-state index is 11.8. The predicted octanol–water partition coefficient (Wildman–Crippen LogP) is 0.903. The number of ether oxygens (including phenoxy) is 2. The van der Waals surface area contributed by atoms with Crippen LogP contribution in [0.25, 0.3) is 0 Å². The third-order valence-electron chi connectivity index (χ3n) is 2.47. The van der Waals surface area contributed by atoms with Crippen molar-refractivity contribution >= 4 is 5.91 Å². The highest BCUT2D eigenvalue weighted by atomic mass is 16.7. The molecule has 1 aliphatic rings. The Balaban J connectivity index is 2.34. The van der Waals surface area contributed by atoms with E-state index in [2.05, 4.69) is 5.43 Å². The minimum Gasteiger partial charge on any atom is -0.345 e. The molecule has 1 amide bonds. The Labute approximate surface area is 97.1 Å². The van der Waals surface area contributed by atoms with Gasteiger partial charge < -0.3 is 9.47 Å². The third-order valence-corrected chi connectivity index (χ3v) is 2.47. The molecule has 1 rings (SSSR count). The molecule has 16 heavy (non-hydrogen) atoms. The molecule has 5 nitrogen and oxygen atoms in total. The van der Waals surface area contributed by atoms with Gasteiger partial charge in [0.1, 0.15) is 0 Å². The lowest BCUT2D eigenvalue weighted by atomic mass is 10.2. The van der Waals surface area contributed by atoms with Crippen LogP contribution < -0.4 is 5.43 Å². The Hall–Kier alpha value is -0.650. The molecule has 1 aliphatic heterocycles. The summed E-state index contributed by atoms with van der Waals surface area (Å²) in [5, 5.41) is 1.94. The first-order chi connectivity index (χ1) is 7.77. The summed E-state index contributed by atoms with van der Waals surface area (Å²) in [4.78, 5) is 11.8. The summed E-state index contributed by atoms with van der Waals surface area (Å²) in [7, 11) is 0. The molecule has 5 heteroatoms. The van der Waals surface area contributed by atoms with Gasteiger partial charge in [-0.25, -0.2) is 5.01 Å². The Morgan fingerprint density at radius 1 is 1.19 bits per heavy atom. The number of carbonyl (C=O) groups is 1. The van der Waals surface area contributed by atoms with Gasteiger partial charge in [-0.1, -0.05) is 6.42 Å². The Kier molecular flexibility index (Phi) is 6.37. The second-order valence-electron chi connectivity index (χ2n) is 3.77. The number of hydrogen-bond acceptors (Lipinski definition) is 4. The van der Waals surface area contributed by atoms with E-state index in [0.717, 1.165) is 25.9 Å². The molecule has 0 saturated carbocycles. The molecule has 0 aromatic carbocycles. The van der Waals surface area contributed by atoms with Crippen LogP contribution in [0.1, 0.15) is 33.1 Å². The van der Waals surface area contributed by atoms with E-state index in [1.54, 1.807) is 0 Å². The van der Waals surface area contributed by atoms with E-state index in [0.29, 0.717) is 13.2 Å². The maximum Gasteiger partial charge on any atom is 0.291 e. The van der Waals surface area contributed by atoms with Crippen LogP contribution in [0, 0.1) is 0 Å². The number of nitrogens with one attached hydrogen (secondary N) is 1. The molecule has 1 saturated heterocycles. The van der Waals surface area contributed by atoms with Crippen molar-refractivity contribution < 1.29 is 14.3 Å². The van der Waals surface area contributed by atoms with Crippen molar-refractivity contribution in [2.75, 3.05) is 26.3 Å². The van der Waals surface area contributed by atoms with E-state index in [-0.39, 0.29) is 5.91 Å². The minimum absolute atomic E-state index is 0.203. The molecule has 0 aliphatic carbocycles. The molecule has 0 aromatic heterocycles. The van der Waals surface area contributed by atoms with Gasteiger partial charge in [0, 0.05) is 26.3 Å². The summed E-state index contributed by atoms with van der Waals surface area (Å²) in [5.74, 6) is -0.203. The second-order valence-corrected chi connectivity index (χ2v) is 3.77. The zero-order valence-electron chi connectivity index (χ0n) is 10.2. The highest BCUT2D eigenvalue weighted by Gasteiger charge is 2.21. The number of nitrogens with zero attached hydrogens (tertiary/aromatic N) is 1. The van der Waals surface area contributed by atoms with Crippen molar-refractivity contribution in [3.63, 3.8) is 0 Å². The molecule has 0 bridgehead atoms. The van der Waals surface area contributed by atoms with E-state index in [4.69, 9.17) is 9.47 Å². The monoisotopic (exact) mass is 230 g/mol. The van der Waals surface area contributed by atoms with Crippen LogP contribution in [0.5, 0.6) is 0 Å². The standard InChI is InChI=1S/C11H22N2O3/c1-3-15-11(16-4-2)10(14)12-13-8-6-5-7-9-13/h11H,3-9H2,1-2H3,(H,12,14). The molecule has 0 radical (unpaired) electrons. The maximum absolute atomic E-state index is 11.8. The van der Waals surface area contributed by atoms with Crippen LogP contribution in [-0.4, -0.2) is 43.5 Å². The fourth-order valence-electron chi connectivity index (χ4n) is 1.72. The van der Waals surface area contributed by atoms with Crippen LogP contribution >= 0.6 is 0 Å². The van der Waals surface area contributed by atoms with Crippen LogP contribution in [-0.2, 0) is 14.3 Å². The summed E-state index contributed by atoms with van der Waals surface area (Å²) in [6.45, 7) is 6.46. The van der Waals surface area contributed by atoms with Crippen LogP contribution in [0.4, 0.5) is 0 Å². The average Bonchev–Trinajstić information content (AvgIpc) is 2.30. The number of rotatable bonds is 6. The van der Waals surface area contributed by atoms with E-state index in [1.807, 2.05) is 18.9 Å². The number of hydrazine groups is 1. The van der Waals surface area contributed by atoms with E-state index in [9.17, 15) is 4.79 Å². The smallest absolute Gasteiger partial charge is 0.291 e. The first-order valence-corrected chi connectivity index (χ1v) is 6.06. The summed E-state index contributed by atoms with van der Waals surface area (Å²) < 4.78 is 10.4. The largest absolute Gasteiger partial charge is 0.345 e. The Bertz CT molecular complexity index is 199. The first kappa shape index (κ1) is 13.4. The normalized spacial score (nSPS) is 17.7. The summed E-state index contributed by atoms with van der Waals surface area (Å²) in [6, 6.07) is 0. The molecule has 0 atom stereocenters. The number of hydrogen-bond donors (Lipinski definition) is 1. The molecule has 1 heterocycles. The number of piperidine rings is 1. The topological polar surface area (TPSA) is 50.8 Å². The van der Waals surface area contributed by atoms with Crippen molar-refractivity contribution in [1.29, 1.82) is 0 Å². The fraction of sp³-hybridized carbons (Fsp3) is 0.909. The van der Waals surface area contributed by atoms with Crippen molar-refractivity contribution in [3.05, 3.63) is 0 Å². The Morgan fingerprint density at radius 3 is 2.25 bits per heavy atom. The lowest BCUT2D eigenvalue weighted by Gasteiger charge is -2.28. The quantitative estimate of drug-likeness (QED) is 0.689. The van der Waals surface area contributed by atoms with E-state index < -0.39 is 6.29 Å². The molecular weight excluding hydrogens is 208 g/mol. The van der Waals surface area contributed by atoms with Crippen molar-refractivity contribution in [1.82, 2.24) is 10.4 Å². The molecule has 0 spiro atoms. The van der Waals surface area contributed by atoms with Crippen LogP contribution in [0.15, 0.2) is 0 Å². The fourth-order valence-corrected chi connectivity index (χ4v) is 1.72. The SMILES string of the molecule is CCOC(OCC)C(=O)NN1CCCCC1. The highest BCUT2D eigenvalue weighted by molar-refractivity contribution is 5.78. The molecular formula is C11H22N2O3. The summed E-state index contributed by atoms with van der Waals surface area (Å²) in [6.07, 6.45) is 2.73. The van der Waals surface area contributed by atoms with Crippen molar-refractivity contribution in [2.45, 2.75) is 39.4 Å². The zero-order valence-corrected chi connectivity index (χ0v) is 10.2. The molecule has 1 N–H and O–H groups in total. The minimum atomic E-state index is -0.781. The molecule has 94 valence electrons. The third kappa shape index (κ3) is 4.47. The zero-order chi connectivity index (χ0) is 11.8. The van der Waals surface area contributed by atoms with Crippen molar-refractivity contribution in [3.8, 4) is 0 Å². The van der Waals surface area contributed by atoms with Gasteiger partial charge in [0.05, 0.1) is 0 Å². The average molecular weight is 230 g/mol. The number of carbonyl (C=O) groups excluding carboxylic acids is 1. The van der Waals surface area contributed by atoms with Crippen LogP contribution in [0.3, 0.4) is 0 Å². The van der Waals surface area contributed by atoms with Crippen LogP contribution in [0.2, 0.25) is 0 Å². The molecule has 1 fully saturated rings. The molecule has 0 unspecified atom stereocenters. The highest BCUT2D eigenvalue weighted by Crippen LogP contribution is 2.06. The van der Waals surface area contributed by atoms with Gasteiger partial charge in [0.15, 0.2) is 0 Å². The lowest BCUT2D eigenvalue weighted by Crippen LogP contribution is -2.50. The van der Waals surface area contributed by atoms with Gasteiger partial charge in [-0.3, -0.25) is 10.2 Å². The summed E-state index contributed by atoms with van der Waals surface area (Å²) in [5.41, 5.74) is 2.83. The Morgan fingerprint density at radius 2 is 1.75 bits per heavy atom.